The van der Waals surface area contributed by atoms with Crippen LogP contribution >= 0.6 is 24.8 Å². The summed E-state index contributed by atoms with van der Waals surface area (Å²) in [5, 5.41) is 3.40. The van der Waals surface area contributed by atoms with Crippen LogP contribution in [-0.2, 0) is 11.3 Å². The average molecular weight is 459 g/mol. The third-order valence-electron chi connectivity index (χ3n) is 6.22. The highest BCUT2D eigenvalue weighted by Gasteiger charge is 2.31. The Labute approximate surface area is 193 Å². The number of halogens is 2. The summed E-state index contributed by atoms with van der Waals surface area (Å²) in [6, 6.07) is 8.76. The van der Waals surface area contributed by atoms with Crippen LogP contribution in [0.2, 0.25) is 0 Å². The van der Waals surface area contributed by atoms with Gasteiger partial charge in [-0.05, 0) is 38.0 Å². The van der Waals surface area contributed by atoms with Crippen molar-refractivity contribution in [3.63, 3.8) is 0 Å². The van der Waals surface area contributed by atoms with Crippen LogP contribution < -0.4 is 5.32 Å². The number of likely N-dealkylation sites (tertiary alicyclic amines) is 1. The lowest BCUT2D eigenvalue weighted by Crippen LogP contribution is -2.49. The number of carbonyl (C=O) groups is 1. The fourth-order valence-corrected chi connectivity index (χ4v) is 4.88. The Morgan fingerprint density at radius 2 is 1.63 bits per heavy atom. The van der Waals surface area contributed by atoms with Crippen LogP contribution in [0.1, 0.15) is 36.2 Å². The summed E-state index contributed by atoms with van der Waals surface area (Å²) >= 11 is 0. The molecule has 1 N–H and O–H groups in total. The summed E-state index contributed by atoms with van der Waals surface area (Å²) < 4.78 is 5.82. The predicted octanol–water partition coefficient (Wildman–Crippen LogP) is 2.26. The number of carbonyl (C=O) groups excluding carboxylic acids is 1. The zero-order chi connectivity index (χ0) is 19.5. The molecule has 1 aromatic rings. The molecule has 0 aliphatic carbocycles. The Hall–Kier alpha value is -0.890. The maximum Gasteiger partial charge on any atom is 0.253 e. The van der Waals surface area contributed by atoms with Crippen LogP contribution in [0.5, 0.6) is 0 Å². The molecular weight excluding hydrogens is 423 g/mol. The number of ether oxygens (including phenoxy) is 1. The second-order valence-electron chi connectivity index (χ2n) is 8.63. The first-order valence-corrected chi connectivity index (χ1v) is 10.8. The van der Waals surface area contributed by atoms with E-state index in [-0.39, 0.29) is 42.9 Å². The van der Waals surface area contributed by atoms with Gasteiger partial charge < -0.3 is 15.0 Å². The van der Waals surface area contributed by atoms with Gasteiger partial charge in [0.15, 0.2) is 0 Å². The lowest BCUT2D eigenvalue weighted by atomic mass is 10.1. The molecule has 0 saturated carbocycles. The molecular formula is C22H36Cl2N4O2. The van der Waals surface area contributed by atoms with E-state index in [1.807, 2.05) is 17.0 Å². The number of nitrogens with zero attached hydrogens (tertiary/aromatic N) is 3. The molecule has 3 fully saturated rings. The number of benzene rings is 1. The van der Waals surface area contributed by atoms with Crippen LogP contribution in [0.3, 0.4) is 0 Å². The largest absolute Gasteiger partial charge is 0.373 e. The van der Waals surface area contributed by atoms with Crippen molar-refractivity contribution >= 4 is 30.7 Å². The molecule has 0 aromatic heterocycles. The van der Waals surface area contributed by atoms with Gasteiger partial charge in [0.05, 0.1) is 12.2 Å². The van der Waals surface area contributed by atoms with Gasteiger partial charge in [-0.1, -0.05) is 12.1 Å². The van der Waals surface area contributed by atoms with E-state index < -0.39 is 0 Å². The summed E-state index contributed by atoms with van der Waals surface area (Å²) in [6.07, 6.45) is 1.66. The van der Waals surface area contributed by atoms with Crippen LogP contribution in [0.15, 0.2) is 24.3 Å². The molecule has 3 aliphatic heterocycles. The smallest absolute Gasteiger partial charge is 0.253 e. The maximum atomic E-state index is 12.9. The summed E-state index contributed by atoms with van der Waals surface area (Å²) in [7, 11) is 0. The van der Waals surface area contributed by atoms with E-state index in [1.165, 1.54) is 5.56 Å². The molecule has 3 unspecified atom stereocenters. The van der Waals surface area contributed by atoms with Crippen molar-refractivity contribution in [2.24, 2.45) is 0 Å². The Morgan fingerprint density at radius 3 is 2.27 bits per heavy atom. The number of amides is 1. The molecule has 3 heterocycles. The topological polar surface area (TPSA) is 48.1 Å². The van der Waals surface area contributed by atoms with Crippen LogP contribution in [0, 0.1) is 0 Å². The minimum atomic E-state index is 0. The minimum absolute atomic E-state index is 0. The number of piperazine rings is 1. The molecule has 30 heavy (non-hydrogen) atoms. The van der Waals surface area contributed by atoms with Crippen molar-refractivity contribution in [1.29, 1.82) is 0 Å². The molecule has 0 spiro atoms. The molecule has 6 nitrogen and oxygen atoms in total. The Kier molecular flexibility index (Phi) is 9.85. The molecule has 3 aliphatic rings. The summed E-state index contributed by atoms with van der Waals surface area (Å²) in [5.41, 5.74) is 2.08. The number of hydrogen-bond donors (Lipinski definition) is 1. The van der Waals surface area contributed by atoms with Gasteiger partial charge >= 0.3 is 0 Å². The van der Waals surface area contributed by atoms with Gasteiger partial charge in [-0.25, -0.2) is 0 Å². The molecule has 0 radical (unpaired) electrons. The predicted molar refractivity (Wildman–Crippen MR) is 125 cm³/mol. The van der Waals surface area contributed by atoms with Crippen LogP contribution in [0.25, 0.3) is 0 Å². The monoisotopic (exact) mass is 458 g/mol. The quantitative estimate of drug-likeness (QED) is 0.749. The molecule has 1 aromatic carbocycles. The molecule has 8 heteroatoms. The van der Waals surface area contributed by atoms with Gasteiger partial charge in [-0.3, -0.25) is 14.6 Å². The minimum Gasteiger partial charge on any atom is -0.373 e. The Bertz CT molecular complexity index is 660. The zero-order valence-electron chi connectivity index (χ0n) is 18.1. The average Bonchev–Trinajstić information content (AvgIpc) is 3.18. The highest BCUT2D eigenvalue weighted by molar-refractivity contribution is 5.94. The number of nitrogens with one attached hydrogen (secondary N) is 1. The van der Waals surface area contributed by atoms with Crippen molar-refractivity contribution < 1.29 is 9.53 Å². The van der Waals surface area contributed by atoms with Crippen molar-refractivity contribution in [3.05, 3.63) is 35.4 Å². The first-order valence-electron chi connectivity index (χ1n) is 10.8. The highest BCUT2D eigenvalue weighted by atomic mass is 35.5. The summed E-state index contributed by atoms with van der Waals surface area (Å²) in [4.78, 5) is 19.9. The van der Waals surface area contributed by atoms with Gasteiger partial charge in [0.25, 0.3) is 5.91 Å². The van der Waals surface area contributed by atoms with Crippen LogP contribution in [0.4, 0.5) is 0 Å². The van der Waals surface area contributed by atoms with Gasteiger partial charge in [0.1, 0.15) is 0 Å². The van der Waals surface area contributed by atoms with E-state index in [0.717, 1.165) is 70.9 Å². The maximum absolute atomic E-state index is 12.9. The first kappa shape index (κ1) is 25.4. The lowest BCUT2D eigenvalue weighted by molar-refractivity contribution is -0.0704. The van der Waals surface area contributed by atoms with Crippen molar-refractivity contribution in [1.82, 2.24) is 20.0 Å². The Morgan fingerprint density at radius 1 is 1.00 bits per heavy atom. The Balaban J connectivity index is 0.00000160. The van der Waals surface area contributed by atoms with E-state index in [1.54, 1.807) is 0 Å². The third kappa shape index (κ3) is 6.31. The fraction of sp³-hybridized carbons (Fsp3) is 0.682. The number of rotatable bonds is 4. The van der Waals surface area contributed by atoms with Crippen molar-refractivity contribution in [2.45, 2.75) is 45.1 Å². The van der Waals surface area contributed by atoms with Gasteiger partial charge in [-0.2, -0.15) is 0 Å². The number of hydrogen-bond acceptors (Lipinski definition) is 5. The lowest BCUT2D eigenvalue weighted by Gasteiger charge is -2.35. The SMILES string of the molecule is CC1CN(Cc2ccc(C(=O)N3CCC(N4CCNCC4)C3)cc2)CC(C)O1.Cl.Cl. The second kappa shape index (κ2) is 11.7. The van der Waals surface area contributed by atoms with Crippen molar-refractivity contribution in [2.75, 3.05) is 52.4 Å². The van der Waals surface area contributed by atoms with Gasteiger partial charge in [0.2, 0.25) is 0 Å². The number of morpholine rings is 1. The molecule has 4 rings (SSSR count). The highest BCUT2D eigenvalue weighted by Crippen LogP contribution is 2.20. The summed E-state index contributed by atoms with van der Waals surface area (Å²) in [6.45, 7) is 13.2. The van der Waals surface area contributed by atoms with E-state index in [9.17, 15) is 4.79 Å². The molecule has 0 bridgehead atoms. The normalized spacial score (nSPS) is 27.9. The van der Waals surface area contributed by atoms with Crippen LogP contribution in [-0.4, -0.2) is 91.2 Å². The van der Waals surface area contributed by atoms with E-state index in [4.69, 9.17) is 4.74 Å². The molecule has 3 saturated heterocycles. The molecule has 1 amide bonds. The second-order valence-corrected chi connectivity index (χ2v) is 8.63. The molecule has 170 valence electrons. The standard InChI is InChI=1S/C22H34N4O2.2ClH/c1-17-13-24(14-18(2)28-17)15-19-3-5-20(6-4-19)22(27)26-10-7-21(16-26)25-11-8-23-9-12-25;;/h3-6,17-18,21,23H,7-16H2,1-2H3;2*1H. The van der Waals surface area contributed by atoms with Crippen molar-refractivity contribution in [3.8, 4) is 0 Å². The zero-order valence-corrected chi connectivity index (χ0v) is 19.7. The van der Waals surface area contributed by atoms with E-state index in [2.05, 4.69) is 41.1 Å². The summed E-state index contributed by atoms with van der Waals surface area (Å²) in [5.74, 6) is 0.179. The van der Waals surface area contributed by atoms with E-state index in [0.29, 0.717) is 6.04 Å². The van der Waals surface area contributed by atoms with Gasteiger partial charge in [-0.15, -0.1) is 24.8 Å². The molecule has 3 atom stereocenters. The fourth-order valence-electron chi connectivity index (χ4n) is 4.88. The first-order chi connectivity index (χ1) is 13.6. The van der Waals surface area contributed by atoms with Gasteiger partial charge in [0, 0.05) is 70.5 Å². The van der Waals surface area contributed by atoms with E-state index >= 15 is 0 Å². The third-order valence-corrected chi connectivity index (χ3v) is 6.22.